The number of benzene rings is 1. The van der Waals surface area contributed by atoms with Gasteiger partial charge >= 0.3 is 0 Å². The van der Waals surface area contributed by atoms with Crippen molar-refractivity contribution in [2.24, 2.45) is 0 Å². The van der Waals surface area contributed by atoms with Gasteiger partial charge in [0.25, 0.3) is 0 Å². The first kappa shape index (κ1) is 12.8. The minimum atomic E-state index is 0.0818. The Labute approximate surface area is 118 Å². The van der Waals surface area contributed by atoms with Gasteiger partial charge in [-0.3, -0.25) is 9.97 Å². The molecule has 3 nitrogen and oxygen atoms in total. The Morgan fingerprint density at radius 3 is 2.75 bits per heavy atom. The van der Waals surface area contributed by atoms with Crippen LogP contribution in [-0.2, 0) is 0 Å². The number of fused-ring (bicyclic) bond motifs is 1. The Balaban J connectivity index is 2.05. The fraction of sp³-hybridized carbons (Fsp3) is 0.176. The van der Waals surface area contributed by atoms with Gasteiger partial charge in [0.05, 0.1) is 17.3 Å². The smallest absolute Gasteiger partial charge is 0.0766 e. The lowest BCUT2D eigenvalue weighted by atomic mass is 10.0. The van der Waals surface area contributed by atoms with Crippen LogP contribution in [0.5, 0.6) is 0 Å². The molecule has 0 spiro atoms. The molecule has 2 heterocycles. The van der Waals surface area contributed by atoms with Crippen molar-refractivity contribution in [1.29, 1.82) is 0 Å². The van der Waals surface area contributed by atoms with Crippen molar-refractivity contribution in [3.63, 3.8) is 0 Å². The third-order valence-electron chi connectivity index (χ3n) is 3.34. The quantitative estimate of drug-likeness (QED) is 0.784. The SMILES string of the molecule is CCNC(c1cccnc1)c1ccc2ccccc2n1. The molecule has 1 aromatic carbocycles. The minimum Gasteiger partial charge on any atom is -0.305 e. The molecular formula is C17H17N3. The van der Waals surface area contributed by atoms with E-state index in [-0.39, 0.29) is 6.04 Å². The van der Waals surface area contributed by atoms with E-state index in [9.17, 15) is 0 Å². The molecule has 0 aliphatic rings. The summed E-state index contributed by atoms with van der Waals surface area (Å²) >= 11 is 0. The summed E-state index contributed by atoms with van der Waals surface area (Å²) in [6.45, 7) is 2.98. The van der Waals surface area contributed by atoms with E-state index in [2.05, 4.69) is 41.5 Å². The molecule has 3 aromatic rings. The highest BCUT2D eigenvalue weighted by molar-refractivity contribution is 5.78. The molecule has 0 bridgehead atoms. The monoisotopic (exact) mass is 263 g/mol. The summed E-state index contributed by atoms with van der Waals surface area (Å²) in [5, 5.41) is 4.64. The third kappa shape index (κ3) is 2.53. The normalized spacial score (nSPS) is 12.4. The predicted octanol–water partition coefficient (Wildman–Crippen LogP) is 3.33. The van der Waals surface area contributed by atoms with E-state index in [4.69, 9.17) is 4.98 Å². The van der Waals surface area contributed by atoms with Crippen LogP contribution in [0.4, 0.5) is 0 Å². The zero-order valence-corrected chi connectivity index (χ0v) is 11.5. The predicted molar refractivity (Wildman–Crippen MR) is 81.5 cm³/mol. The van der Waals surface area contributed by atoms with Gasteiger partial charge in [-0.1, -0.05) is 37.3 Å². The molecule has 0 fully saturated rings. The van der Waals surface area contributed by atoms with Gasteiger partial charge in [0.15, 0.2) is 0 Å². The molecule has 0 amide bonds. The van der Waals surface area contributed by atoms with E-state index < -0.39 is 0 Å². The Kier molecular flexibility index (Phi) is 3.70. The zero-order chi connectivity index (χ0) is 13.8. The molecular weight excluding hydrogens is 246 g/mol. The van der Waals surface area contributed by atoms with Gasteiger partial charge in [0, 0.05) is 17.8 Å². The lowest BCUT2D eigenvalue weighted by Gasteiger charge is -2.18. The van der Waals surface area contributed by atoms with Crippen LogP contribution in [0, 0.1) is 0 Å². The van der Waals surface area contributed by atoms with Crippen LogP contribution in [0.25, 0.3) is 10.9 Å². The molecule has 0 aliphatic heterocycles. The molecule has 0 saturated heterocycles. The van der Waals surface area contributed by atoms with Crippen LogP contribution < -0.4 is 5.32 Å². The number of nitrogens with one attached hydrogen (secondary N) is 1. The average Bonchev–Trinajstić information content (AvgIpc) is 2.53. The minimum absolute atomic E-state index is 0.0818. The standard InChI is InChI=1S/C17H17N3/c1-2-19-17(14-7-5-11-18-12-14)16-10-9-13-6-3-4-8-15(13)20-16/h3-12,17,19H,2H2,1H3. The maximum atomic E-state index is 4.78. The fourth-order valence-electron chi connectivity index (χ4n) is 2.39. The molecule has 100 valence electrons. The first-order chi connectivity index (χ1) is 9.88. The fourth-order valence-corrected chi connectivity index (χ4v) is 2.39. The first-order valence-corrected chi connectivity index (χ1v) is 6.87. The van der Waals surface area contributed by atoms with Gasteiger partial charge < -0.3 is 5.32 Å². The molecule has 3 heteroatoms. The van der Waals surface area contributed by atoms with Gasteiger partial charge in [0.2, 0.25) is 0 Å². The molecule has 0 radical (unpaired) electrons. The Bertz CT molecular complexity index is 695. The lowest BCUT2D eigenvalue weighted by molar-refractivity contribution is 0.615. The number of pyridine rings is 2. The van der Waals surface area contributed by atoms with E-state index in [0.717, 1.165) is 28.7 Å². The first-order valence-electron chi connectivity index (χ1n) is 6.87. The van der Waals surface area contributed by atoms with Crippen molar-refractivity contribution in [3.8, 4) is 0 Å². The maximum absolute atomic E-state index is 4.78. The lowest BCUT2D eigenvalue weighted by Crippen LogP contribution is -2.23. The second kappa shape index (κ2) is 5.80. The molecule has 0 saturated carbocycles. The van der Waals surface area contributed by atoms with Gasteiger partial charge in [-0.25, -0.2) is 0 Å². The van der Waals surface area contributed by atoms with Crippen LogP contribution in [0.15, 0.2) is 60.9 Å². The second-order valence-electron chi connectivity index (χ2n) is 4.71. The molecule has 1 atom stereocenters. The van der Waals surface area contributed by atoms with Crippen molar-refractivity contribution in [3.05, 3.63) is 72.2 Å². The van der Waals surface area contributed by atoms with Crippen molar-refractivity contribution in [2.75, 3.05) is 6.54 Å². The van der Waals surface area contributed by atoms with Crippen molar-refractivity contribution in [1.82, 2.24) is 15.3 Å². The number of nitrogens with zero attached hydrogens (tertiary/aromatic N) is 2. The van der Waals surface area contributed by atoms with Crippen molar-refractivity contribution in [2.45, 2.75) is 13.0 Å². The van der Waals surface area contributed by atoms with Gasteiger partial charge in [-0.05, 0) is 30.3 Å². The number of aromatic nitrogens is 2. The molecule has 2 aromatic heterocycles. The largest absolute Gasteiger partial charge is 0.305 e. The second-order valence-corrected chi connectivity index (χ2v) is 4.71. The summed E-state index contributed by atoms with van der Waals surface area (Å²) in [5.74, 6) is 0. The number of para-hydroxylation sites is 1. The highest BCUT2D eigenvalue weighted by atomic mass is 14.9. The van der Waals surface area contributed by atoms with Gasteiger partial charge in [-0.15, -0.1) is 0 Å². The number of hydrogen-bond acceptors (Lipinski definition) is 3. The Hall–Kier alpha value is -2.26. The molecule has 1 N–H and O–H groups in total. The van der Waals surface area contributed by atoms with E-state index >= 15 is 0 Å². The zero-order valence-electron chi connectivity index (χ0n) is 11.5. The summed E-state index contributed by atoms with van der Waals surface area (Å²) in [4.78, 5) is 8.99. The van der Waals surface area contributed by atoms with Crippen LogP contribution in [0.2, 0.25) is 0 Å². The summed E-state index contributed by atoms with van der Waals surface area (Å²) < 4.78 is 0. The van der Waals surface area contributed by atoms with Crippen molar-refractivity contribution >= 4 is 10.9 Å². The molecule has 20 heavy (non-hydrogen) atoms. The van der Waals surface area contributed by atoms with Crippen LogP contribution in [0.1, 0.15) is 24.2 Å². The van der Waals surface area contributed by atoms with Crippen LogP contribution in [0.3, 0.4) is 0 Å². The number of hydrogen-bond donors (Lipinski definition) is 1. The van der Waals surface area contributed by atoms with E-state index in [1.807, 2.05) is 30.5 Å². The van der Waals surface area contributed by atoms with Gasteiger partial charge in [0.1, 0.15) is 0 Å². The summed E-state index contributed by atoms with van der Waals surface area (Å²) in [5.41, 5.74) is 3.19. The maximum Gasteiger partial charge on any atom is 0.0766 e. The average molecular weight is 263 g/mol. The number of rotatable bonds is 4. The molecule has 3 rings (SSSR count). The van der Waals surface area contributed by atoms with E-state index in [1.54, 1.807) is 6.20 Å². The Morgan fingerprint density at radius 1 is 1.05 bits per heavy atom. The van der Waals surface area contributed by atoms with E-state index in [1.165, 1.54) is 0 Å². The Morgan fingerprint density at radius 2 is 1.95 bits per heavy atom. The van der Waals surface area contributed by atoms with Crippen molar-refractivity contribution < 1.29 is 0 Å². The summed E-state index contributed by atoms with van der Waals surface area (Å²) in [7, 11) is 0. The van der Waals surface area contributed by atoms with Crippen LogP contribution >= 0.6 is 0 Å². The highest BCUT2D eigenvalue weighted by Crippen LogP contribution is 2.22. The summed E-state index contributed by atoms with van der Waals surface area (Å²) in [6, 6.07) is 16.5. The van der Waals surface area contributed by atoms with E-state index in [0.29, 0.717) is 0 Å². The molecule has 0 aliphatic carbocycles. The molecule has 1 unspecified atom stereocenters. The highest BCUT2D eigenvalue weighted by Gasteiger charge is 2.14. The van der Waals surface area contributed by atoms with Gasteiger partial charge in [-0.2, -0.15) is 0 Å². The van der Waals surface area contributed by atoms with Crippen LogP contribution in [-0.4, -0.2) is 16.5 Å². The third-order valence-corrected chi connectivity index (χ3v) is 3.34. The topological polar surface area (TPSA) is 37.8 Å². The summed E-state index contributed by atoms with van der Waals surface area (Å²) in [6.07, 6.45) is 3.69.